The maximum absolute atomic E-state index is 12.2. The van der Waals surface area contributed by atoms with E-state index in [4.69, 9.17) is 27.9 Å². The van der Waals surface area contributed by atoms with Crippen LogP contribution in [-0.2, 0) is 4.74 Å². The summed E-state index contributed by atoms with van der Waals surface area (Å²) in [7, 11) is 1.70. The second-order valence-corrected chi connectivity index (χ2v) is 6.31. The minimum Gasteiger partial charge on any atom is -0.384 e. The number of hydrogen-bond donors (Lipinski definition) is 2. The molecule has 0 saturated carbocycles. The summed E-state index contributed by atoms with van der Waals surface area (Å²) in [4.78, 5) is 12.2. The van der Waals surface area contributed by atoms with Crippen LogP contribution >= 0.6 is 35.6 Å². The Morgan fingerprint density at radius 3 is 2.59 bits per heavy atom. The lowest BCUT2D eigenvalue weighted by atomic mass is 9.79. The molecular formula is C15H21Cl3N2O2. The molecule has 22 heavy (non-hydrogen) atoms. The van der Waals surface area contributed by atoms with E-state index < -0.39 is 0 Å². The van der Waals surface area contributed by atoms with Crippen LogP contribution in [-0.4, -0.2) is 39.3 Å². The number of amides is 1. The van der Waals surface area contributed by atoms with Gasteiger partial charge < -0.3 is 15.4 Å². The molecule has 0 aromatic heterocycles. The van der Waals surface area contributed by atoms with Crippen LogP contribution in [0, 0.1) is 5.41 Å². The van der Waals surface area contributed by atoms with Crippen LogP contribution in [0.1, 0.15) is 23.2 Å². The number of carbonyl (C=O) groups is 1. The zero-order valence-electron chi connectivity index (χ0n) is 12.5. The Hall–Kier alpha value is -0.520. The molecule has 1 aliphatic rings. The fourth-order valence-electron chi connectivity index (χ4n) is 2.64. The summed E-state index contributed by atoms with van der Waals surface area (Å²) in [6.07, 6.45) is 1.98. The van der Waals surface area contributed by atoms with E-state index in [0.29, 0.717) is 28.8 Å². The predicted molar refractivity (Wildman–Crippen MR) is 92.5 cm³/mol. The van der Waals surface area contributed by atoms with Gasteiger partial charge in [0.25, 0.3) is 5.91 Å². The third-order valence-corrected chi connectivity index (χ3v) is 4.66. The Morgan fingerprint density at radius 2 is 2.00 bits per heavy atom. The first-order valence-electron chi connectivity index (χ1n) is 6.99. The Labute approximate surface area is 147 Å². The molecule has 1 aromatic carbocycles. The highest BCUT2D eigenvalue weighted by atomic mass is 35.5. The molecular weight excluding hydrogens is 347 g/mol. The minimum atomic E-state index is -0.137. The quantitative estimate of drug-likeness (QED) is 0.840. The zero-order chi connectivity index (χ0) is 15.3. The van der Waals surface area contributed by atoms with Crippen LogP contribution < -0.4 is 10.6 Å². The number of carbonyl (C=O) groups excluding carboxylic acids is 1. The summed E-state index contributed by atoms with van der Waals surface area (Å²) in [5, 5.41) is 7.16. The highest BCUT2D eigenvalue weighted by Gasteiger charge is 2.32. The number of methoxy groups -OCH3 is 1. The molecule has 1 saturated heterocycles. The van der Waals surface area contributed by atoms with Gasteiger partial charge in [-0.3, -0.25) is 4.79 Å². The molecule has 1 amide bonds. The van der Waals surface area contributed by atoms with Gasteiger partial charge in [-0.2, -0.15) is 0 Å². The summed E-state index contributed by atoms with van der Waals surface area (Å²) >= 11 is 11.8. The summed E-state index contributed by atoms with van der Waals surface area (Å²) in [5.41, 5.74) is 0.525. The third kappa shape index (κ3) is 5.00. The number of ether oxygens (including phenoxy) is 1. The van der Waals surface area contributed by atoms with Crippen molar-refractivity contribution in [3.8, 4) is 0 Å². The Bertz CT molecular complexity index is 500. The molecule has 0 spiro atoms. The number of piperidine rings is 1. The first-order chi connectivity index (χ1) is 10.1. The molecule has 0 aliphatic carbocycles. The average Bonchev–Trinajstić information content (AvgIpc) is 2.49. The summed E-state index contributed by atoms with van der Waals surface area (Å²) in [5.74, 6) is -0.137. The van der Waals surface area contributed by atoms with Crippen molar-refractivity contribution < 1.29 is 9.53 Å². The molecule has 2 N–H and O–H groups in total. The second kappa shape index (κ2) is 8.94. The van der Waals surface area contributed by atoms with Crippen LogP contribution in [0.4, 0.5) is 0 Å². The largest absolute Gasteiger partial charge is 0.384 e. The lowest BCUT2D eigenvalue weighted by molar-refractivity contribution is 0.0512. The maximum atomic E-state index is 12.2. The molecule has 1 fully saturated rings. The third-order valence-electron chi connectivity index (χ3n) is 3.92. The smallest absolute Gasteiger partial charge is 0.251 e. The molecule has 0 unspecified atom stereocenters. The Balaban J connectivity index is 0.00000242. The van der Waals surface area contributed by atoms with E-state index in [-0.39, 0.29) is 23.7 Å². The van der Waals surface area contributed by atoms with Crippen molar-refractivity contribution in [2.75, 3.05) is 33.4 Å². The van der Waals surface area contributed by atoms with Gasteiger partial charge in [0.1, 0.15) is 0 Å². The average molecular weight is 368 g/mol. The Kier molecular flexibility index (Phi) is 7.94. The fourth-order valence-corrected chi connectivity index (χ4v) is 2.94. The number of hydrogen-bond acceptors (Lipinski definition) is 3. The van der Waals surface area contributed by atoms with Gasteiger partial charge in [0.05, 0.1) is 16.7 Å². The zero-order valence-corrected chi connectivity index (χ0v) is 14.8. The molecule has 1 aliphatic heterocycles. The van der Waals surface area contributed by atoms with Gasteiger partial charge in [-0.15, -0.1) is 12.4 Å². The molecule has 124 valence electrons. The summed E-state index contributed by atoms with van der Waals surface area (Å²) in [6.45, 7) is 3.15. The van der Waals surface area contributed by atoms with Crippen molar-refractivity contribution in [1.82, 2.24) is 10.6 Å². The van der Waals surface area contributed by atoms with Crippen LogP contribution in [0.2, 0.25) is 10.0 Å². The van der Waals surface area contributed by atoms with Gasteiger partial charge in [-0.25, -0.2) is 0 Å². The van der Waals surface area contributed by atoms with Crippen LogP contribution in [0.5, 0.6) is 0 Å². The molecule has 0 radical (unpaired) electrons. The summed E-state index contributed by atoms with van der Waals surface area (Å²) in [6, 6.07) is 4.90. The monoisotopic (exact) mass is 366 g/mol. The lowest BCUT2D eigenvalue weighted by Gasteiger charge is -2.37. The lowest BCUT2D eigenvalue weighted by Crippen LogP contribution is -2.47. The van der Waals surface area contributed by atoms with E-state index in [0.717, 1.165) is 25.9 Å². The van der Waals surface area contributed by atoms with Crippen molar-refractivity contribution in [2.45, 2.75) is 12.8 Å². The fraction of sp³-hybridized carbons (Fsp3) is 0.533. The molecule has 0 atom stereocenters. The van der Waals surface area contributed by atoms with E-state index in [9.17, 15) is 4.79 Å². The second-order valence-electron chi connectivity index (χ2n) is 5.49. The van der Waals surface area contributed by atoms with E-state index in [2.05, 4.69) is 10.6 Å². The van der Waals surface area contributed by atoms with E-state index in [1.54, 1.807) is 25.3 Å². The van der Waals surface area contributed by atoms with Crippen LogP contribution in [0.3, 0.4) is 0 Å². The van der Waals surface area contributed by atoms with Crippen molar-refractivity contribution in [2.24, 2.45) is 5.41 Å². The van der Waals surface area contributed by atoms with Gasteiger partial charge in [-0.1, -0.05) is 23.2 Å². The highest BCUT2D eigenvalue weighted by molar-refractivity contribution is 6.42. The van der Waals surface area contributed by atoms with Crippen LogP contribution in [0.25, 0.3) is 0 Å². The Morgan fingerprint density at radius 1 is 1.32 bits per heavy atom. The van der Waals surface area contributed by atoms with Gasteiger partial charge in [0.2, 0.25) is 0 Å². The molecule has 0 bridgehead atoms. The number of halogens is 3. The van der Waals surface area contributed by atoms with Gasteiger partial charge >= 0.3 is 0 Å². The van der Waals surface area contributed by atoms with E-state index in [1.165, 1.54) is 0 Å². The molecule has 4 nitrogen and oxygen atoms in total. The SMILES string of the molecule is COCC1(CNC(=O)c2ccc(Cl)c(Cl)c2)CCNCC1.Cl. The van der Waals surface area contributed by atoms with Gasteiger partial charge in [0.15, 0.2) is 0 Å². The molecule has 2 rings (SSSR count). The van der Waals surface area contributed by atoms with Crippen molar-refractivity contribution >= 4 is 41.5 Å². The van der Waals surface area contributed by atoms with E-state index >= 15 is 0 Å². The van der Waals surface area contributed by atoms with Crippen molar-refractivity contribution in [3.05, 3.63) is 33.8 Å². The maximum Gasteiger partial charge on any atom is 0.251 e. The highest BCUT2D eigenvalue weighted by Crippen LogP contribution is 2.28. The minimum absolute atomic E-state index is 0. The molecule has 1 aromatic rings. The van der Waals surface area contributed by atoms with Crippen molar-refractivity contribution in [3.63, 3.8) is 0 Å². The number of benzene rings is 1. The van der Waals surface area contributed by atoms with Crippen LogP contribution in [0.15, 0.2) is 18.2 Å². The standard InChI is InChI=1S/C15H20Cl2N2O2.ClH/c1-21-10-15(4-6-18-7-5-15)9-19-14(20)11-2-3-12(16)13(17)8-11;/h2-3,8,18H,4-7,9-10H2,1H3,(H,19,20);1H. The molecule has 1 heterocycles. The molecule has 7 heteroatoms. The number of nitrogens with one attached hydrogen (secondary N) is 2. The number of rotatable bonds is 5. The normalized spacial score (nSPS) is 16.7. The van der Waals surface area contributed by atoms with Crippen molar-refractivity contribution in [1.29, 1.82) is 0 Å². The van der Waals surface area contributed by atoms with E-state index in [1.807, 2.05) is 0 Å². The summed E-state index contributed by atoms with van der Waals surface area (Å²) < 4.78 is 5.34. The predicted octanol–water partition coefficient (Wildman–Crippen LogP) is 3.16. The first-order valence-corrected chi connectivity index (χ1v) is 7.75. The first kappa shape index (κ1) is 19.5. The van der Waals surface area contributed by atoms with Gasteiger partial charge in [0, 0.05) is 24.6 Å². The topological polar surface area (TPSA) is 50.4 Å². The van der Waals surface area contributed by atoms with Gasteiger partial charge in [-0.05, 0) is 44.1 Å².